The lowest BCUT2D eigenvalue weighted by atomic mass is 9.90. The zero-order chi connectivity index (χ0) is 12.0. The van der Waals surface area contributed by atoms with Crippen molar-refractivity contribution in [2.45, 2.75) is 38.9 Å². The Morgan fingerprint density at radius 3 is 3.06 bits per heavy atom. The molecule has 0 aromatic heterocycles. The maximum absolute atomic E-state index is 11.7. The highest BCUT2D eigenvalue weighted by Crippen LogP contribution is 2.40. The summed E-state index contributed by atoms with van der Waals surface area (Å²) in [6.07, 6.45) is 2.26. The van der Waals surface area contributed by atoms with Crippen LogP contribution in [0, 0.1) is 12.8 Å². The van der Waals surface area contributed by atoms with Crippen LogP contribution in [0.25, 0.3) is 0 Å². The molecule has 1 aliphatic heterocycles. The van der Waals surface area contributed by atoms with Gasteiger partial charge in [0.25, 0.3) is 0 Å². The van der Waals surface area contributed by atoms with Crippen LogP contribution in [0.2, 0.25) is 0 Å². The first kappa shape index (κ1) is 10.8. The maximum Gasteiger partial charge on any atom is 0.140 e. The molecular weight excluding hydrogens is 216 g/mol. The third-order valence-corrected chi connectivity index (χ3v) is 3.80. The second kappa shape index (κ2) is 3.84. The van der Waals surface area contributed by atoms with Gasteiger partial charge in [0.05, 0.1) is 12.5 Å². The number of ether oxygens (including phenoxy) is 1. The quantitative estimate of drug-likeness (QED) is 0.802. The van der Waals surface area contributed by atoms with Crippen molar-refractivity contribution < 1.29 is 14.6 Å². The van der Waals surface area contributed by atoms with Gasteiger partial charge in [0.2, 0.25) is 0 Å². The van der Waals surface area contributed by atoms with Crippen molar-refractivity contribution in [2.24, 2.45) is 5.92 Å². The molecule has 3 rings (SSSR count). The summed E-state index contributed by atoms with van der Waals surface area (Å²) in [5.41, 5.74) is 3.03. The fraction of sp³-hybridized carbons (Fsp3) is 0.500. The largest absolute Gasteiger partial charge is 0.489 e. The normalized spacial score (nSPS) is 26.4. The van der Waals surface area contributed by atoms with Crippen molar-refractivity contribution in [2.75, 3.05) is 0 Å². The number of aryl methyl sites for hydroxylation is 1. The van der Waals surface area contributed by atoms with E-state index in [0.717, 1.165) is 35.3 Å². The lowest BCUT2D eigenvalue weighted by Gasteiger charge is -2.29. The molecule has 0 bridgehead atoms. The molecule has 0 amide bonds. The molecule has 1 heterocycles. The van der Waals surface area contributed by atoms with Gasteiger partial charge in [0.15, 0.2) is 0 Å². The minimum absolute atomic E-state index is 0.00462. The summed E-state index contributed by atoms with van der Waals surface area (Å²) in [5.74, 6) is 1.18. The van der Waals surface area contributed by atoms with Crippen molar-refractivity contribution in [3.8, 4) is 5.75 Å². The Morgan fingerprint density at radius 2 is 2.29 bits per heavy atom. The van der Waals surface area contributed by atoms with E-state index in [1.807, 2.05) is 13.0 Å². The predicted octanol–water partition coefficient (Wildman–Crippen LogP) is 1.77. The number of carbonyl (C=O) groups excluding carboxylic acids is 1. The van der Waals surface area contributed by atoms with E-state index in [4.69, 9.17) is 4.74 Å². The second-order valence-corrected chi connectivity index (χ2v) is 5.04. The Hall–Kier alpha value is -1.35. The number of hydrogen-bond acceptors (Lipinski definition) is 3. The highest BCUT2D eigenvalue weighted by Gasteiger charge is 2.40. The molecule has 0 saturated heterocycles. The van der Waals surface area contributed by atoms with Crippen LogP contribution >= 0.6 is 0 Å². The third-order valence-electron chi connectivity index (χ3n) is 3.80. The second-order valence-electron chi connectivity index (χ2n) is 5.04. The number of hydrogen-bond donors (Lipinski definition) is 1. The Morgan fingerprint density at radius 1 is 1.47 bits per heavy atom. The Balaban J connectivity index is 2.04. The number of fused-ring (bicyclic) bond motifs is 2. The van der Waals surface area contributed by atoms with Gasteiger partial charge in [-0.1, -0.05) is 17.7 Å². The van der Waals surface area contributed by atoms with Crippen LogP contribution in [-0.2, 0) is 17.8 Å². The van der Waals surface area contributed by atoms with Crippen molar-refractivity contribution in [1.29, 1.82) is 0 Å². The SMILES string of the molecule is Cc1cc(CO)c2c(c1)CC1C(=O)CCC1O2. The fourth-order valence-corrected chi connectivity index (χ4v) is 3.00. The van der Waals surface area contributed by atoms with E-state index in [9.17, 15) is 9.90 Å². The zero-order valence-corrected chi connectivity index (χ0v) is 9.90. The van der Waals surface area contributed by atoms with Crippen molar-refractivity contribution in [3.63, 3.8) is 0 Å². The molecule has 3 heteroatoms. The van der Waals surface area contributed by atoms with Gasteiger partial charge < -0.3 is 9.84 Å². The first-order chi connectivity index (χ1) is 8.19. The molecule has 2 aliphatic rings. The summed E-state index contributed by atoms with van der Waals surface area (Å²) < 4.78 is 5.92. The average Bonchev–Trinajstić information content (AvgIpc) is 2.67. The number of aliphatic hydroxyl groups is 1. The Bertz CT molecular complexity index is 479. The van der Waals surface area contributed by atoms with Gasteiger partial charge in [-0.2, -0.15) is 0 Å². The number of rotatable bonds is 1. The minimum atomic E-state index is -0.00462. The standard InChI is InChI=1S/C14H16O3/c1-8-4-9-6-11-12(16)2-3-13(11)17-14(9)10(5-8)7-15/h4-5,11,13,15H,2-3,6-7H2,1H3. The predicted molar refractivity (Wildman–Crippen MR) is 63.0 cm³/mol. The van der Waals surface area contributed by atoms with Crippen LogP contribution in [-0.4, -0.2) is 17.0 Å². The molecule has 2 atom stereocenters. The van der Waals surface area contributed by atoms with E-state index in [2.05, 4.69) is 6.07 Å². The van der Waals surface area contributed by atoms with Crippen LogP contribution in [0.4, 0.5) is 0 Å². The van der Waals surface area contributed by atoms with Crippen molar-refractivity contribution in [1.82, 2.24) is 0 Å². The van der Waals surface area contributed by atoms with Gasteiger partial charge in [-0.25, -0.2) is 0 Å². The van der Waals surface area contributed by atoms with E-state index in [1.165, 1.54) is 0 Å². The zero-order valence-electron chi connectivity index (χ0n) is 9.90. The molecule has 2 unspecified atom stereocenters. The van der Waals surface area contributed by atoms with E-state index < -0.39 is 0 Å². The van der Waals surface area contributed by atoms with Gasteiger partial charge >= 0.3 is 0 Å². The summed E-state index contributed by atoms with van der Waals surface area (Å²) in [6, 6.07) is 4.02. The lowest BCUT2D eigenvalue weighted by molar-refractivity contribution is -0.122. The average molecular weight is 232 g/mol. The molecule has 1 aromatic rings. The molecule has 90 valence electrons. The van der Waals surface area contributed by atoms with Gasteiger partial charge in [-0.3, -0.25) is 4.79 Å². The third kappa shape index (κ3) is 1.65. The number of benzene rings is 1. The Labute approximate surface area is 100 Å². The lowest BCUT2D eigenvalue weighted by Crippen LogP contribution is -2.32. The molecule has 3 nitrogen and oxygen atoms in total. The molecule has 0 radical (unpaired) electrons. The summed E-state index contributed by atoms with van der Waals surface area (Å²) in [6.45, 7) is 2.00. The van der Waals surface area contributed by atoms with Crippen LogP contribution in [0.3, 0.4) is 0 Å². The number of ketones is 1. The molecule has 1 aromatic carbocycles. The fourth-order valence-electron chi connectivity index (χ4n) is 3.00. The maximum atomic E-state index is 11.7. The number of Topliss-reactive ketones (excluding diaryl/α,β-unsaturated/α-hetero) is 1. The van der Waals surface area contributed by atoms with Crippen molar-refractivity contribution >= 4 is 5.78 Å². The van der Waals surface area contributed by atoms with Crippen LogP contribution in [0.5, 0.6) is 5.75 Å². The molecular formula is C14H16O3. The molecule has 1 aliphatic carbocycles. The monoisotopic (exact) mass is 232 g/mol. The Kier molecular flexibility index (Phi) is 2.44. The van der Waals surface area contributed by atoms with E-state index in [-0.39, 0.29) is 18.6 Å². The smallest absolute Gasteiger partial charge is 0.140 e. The topological polar surface area (TPSA) is 46.5 Å². The van der Waals surface area contributed by atoms with E-state index >= 15 is 0 Å². The summed E-state index contributed by atoms with van der Waals surface area (Å²) in [4.78, 5) is 11.7. The van der Waals surface area contributed by atoms with Gasteiger partial charge in [0, 0.05) is 12.0 Å². The first-order valence-corrected chi connectivity index (χ1v) is 6.11. The molecule has 1 saturated carbocycles. The number of aliphatic hydroxyl groups excluding tert-OH is 1. The molecule has 17 heavy (non-hydrogen) atoms. The van der Waals surface area contributed by atoms with E-state index in [1.54, 1.807) is 0 Å². The minimum Gasteiger partial charge on any atom is -0.489 e. The van der Waals surface area contributed by atoms with Gasteiger partial charge in [0.1, 0.15) is 17.6 Å². The summed E-state index contributed by atoms with van der Waals surface area (Å²) in [7, 11) is 0. The van der Waals surface area contributed by atoms with Crippen LogP contribution in [0.1, 0.15) is 29.5 Å². The first-order valence-electron chi connectivity index (χ1n) is 6.11. The number of carbonyl (C=O) groups is 1. The highest BCUT2D eigenvalue weighted by atomic mass is 16.5. The van der Waals surface area contributed by atoms with Crippen molar-refractivity contribution in [3.05, 3.63) is 28.8 Å². The molecule has 0 spiro atoms. The molecule has 1 N–H and O–H groups in total. The van der Waals surface area contributed by atoms with Gasteiger partial charge in [-0.05, 0) is 25.3 Å². The van der Waals surface area contributed by atoms with E-state index in [0.29, 0.717) is 12.2 Å². The van der Waals surface area contributed by atoms with Crippen LogP contribution < -0.4 is 4.74 Å². The highest BCUT2D eigenvalue weighted by molar-refractivity contribution is 5.84. The molecule has 1 fully saturated rings. The summed E-state index contributed by atoms with van der Waals surface area (Å²) >= 11 is 0. The van der Waals surface area contributed by atoms with Gasteiger partial charge in [-0.15, -0.1) is 0 Å². The van der Waals surface area contributed by atoms with Crippen LogP contribution in [0.15, 0.2) is 12.1 Å². The summed E-state index contributed by atoms with van der Waals surface area (Å²) in [5, 5.41) is 9.36.